The summed E-state index contributed by atoms with van der Waals surface area (Å²) >= 11 is 0. The fraction of sp³-hybridized carbons (Fsp3) is 0.231. The van der Waals surface area contributed by atoms with Gasteiger partial charge in [-0.15, -0.1) is 0 Å². The van der Waals surface area contributed by atoms with Crippen LogP contribution in [0.2, 0.25) is 0 Å². The van der Waals surface area contributed by atoms with Crippen LogP contribution in [-0.2, 0) is 11.3 Å². The minimum atomic E-state index is -0.651. The van der Waals surface area contributed by atoms with E-state index in [1.165, 1.54) is 30.5 Å². The molecule has 0 aliphatic rings. The molecule has 0 saturated carbocycles. The van der Waals surface area contributed by atoms with Crippen molar-refractivity contribution in [1.29, 1.82) is 0 Å². The Bertz CT molecular complexity index is 706. The van der Waals surface area contributed by atoms with Crippen molar-refractivity contribution in [3.8, 4) is 0 Å². The largest absolute Gasteiger partial charge is 0.368 e. The van der Waals surface area contributed by atoms with Gasteiger partial charge in [-0.3, -0.25) is 19.7 Å². The number of benzene rings is 1. The smallest absolute Gasteiger partial charge is 0.277 e. The highest BCUT2D eigenvalue weighted by molar-refractivity contribution is 5.90. The van der Waals surface area contributed by atoms with E-state index in [1.54, 1.807) is 0 Å². The van der Waals surface area contributed by atoms with E-state index in [4.69, 9.17) is 5.73 Å². The third kappa shape index (κ3) is 3.00. The van der Waals surface area contributed by atoms with Crippen LogP contribution < -0.4 is 11.3 Å². The lowest BCUT2D eigenvalue weighted by Gasteiger charge is -2.04. The normalized spacial score (nSPS) is 9.70. The first kappa shape index (κ1) is 15.4. The number of carbonyl (C=O) groups is 1. The van der Waals surface area contributed by atoms with Crippen molar-refractivity contribution in [2.24, 2.45) is 5.73 Å². The number of nitrogens with zero attached hydrogens (tertiary/aromatic N) is 2. The van der Waals surface area contributed by atoms with Gasteiger partial charge in [-0.25, -0.2) is 0 Å². The van der Waals surface area contributed by atoms with Gasteiger partial charge in [0, 0.05) is 12.3 Å². The second kappa shape index (κ2) is 6.46. The first-order valence-corrected chi connectivity index (χ1v) is 6.05. The number of nitro benzene ring substituents is 1. The highest BCUT2D eigenvalue weighted by atomic mass is 16.6. The first-order chi connectivity index (χ1) is 9.50. The van der Waals surface area contributed by atoms with Crippen LogP contribution in [0.3, 0.4) is 0 Å². The fourth-order valence-corrected chi connectivity index (χ4v) is 1.75. The highest BCUT2D eigenvalue weighted by Gasteiger charge is 2.14. The third-order valence-electron chi connectivity index (χ3n) is 2.52. The molecule has 1 amide bonds. The molecule has 20 heavy (non-hydrogen) atoms. The number of nitrogens with two attached hydrogens (primary N) is 1. The summed E-state index contributed by atoms with van der Waals surface area (Å²) in [6.07, 6.45) is 1.32. The predicted molar refractivity (Wildman–Crippen MR) is 75.4 cm³/mol. The average molecular weight is 277 g/mol. The van der Waals surface area contributed by atoms with E-state index in [1.807, 2.05) is 13.8 Å². The topological polar surface area (TPSA) is 108 Å². The molecular formula is C13H15N3O4. The van der Waals surface area contributed by atoms with E-state index in [-0.39, 0.29) is 23.0 Å². The van der Waals surface area contributed by atoms with Crippen molar-refractivity contribution in [3.63, 3.8) is 0 Å². The molecule has 0 aliphatic carbocycles. The van der Waals surface area contributed by atoms with E-state index in [2.05, 4.69) is 0 Å². The number of non-ortho nitro benzene ring substituents is 1. The molecule has 106 valence electrons. The van der Waals surface area contributed by atoms with Crippen molar-refractivity contribution >= 4 is 22.4 Å². The molecule has 2 rings (SSSR count). The number of primary amides is 1. The molecule has 1 aromatic heterocycles. The van der Waals surface area contributed by atoms with Crippen molar-refractivity contribution in [3.05, 3.63) is 50.9 Å². The molecule has 7 heteroatoms. The highest BCUT2D eigenvalue weighted by Crippen LogP contribution is 2.22. The summed E-state index contributed by atoms with van der Waals surface area (Å²) in [6.45, 7) is 3.75. The van der Waals surface area contributed by atoms with Gasteiger partial charge in [0.15, 0.2) is 0 Å². The average Bonchev–Trinajstić information content (AvgIpc) is 2.43. The molecule has 2 N–H and O–H groups in total. The van der Waals surface area contributed by atoms with Gasteiger partial charge in [-0.05, 0) is 12.1 Å². The Labute approximate surface area is 114 Å². The Hall–Kier alpha value is -2.70. The number of nitro groups is 1. The van der Waals surface area contributed by atoms with Crippen LogP contribution in [0.1, 0.15) is 13.8 Å². The molecule has 7 nitrogen and oxygen atoms in total. The van der Waals surface area contributed by atoms with Gasteiger partial charge in [0.2, 0.25) is 5.91 Å². The summed E-state index contributed by atoms with van der Waals surface area (Å²) in [5.74, 6) is -0.651. The van der Waals surface area contributed by atoms with E-state index in [0.29, 0.717) is 0 Å². The van der Waals surface area contributed by atoms with Gasteiger partial charge >= 0.3 is 0 Å². The van der Waals surface area contributed by atoms with E-state index < -0.39 is 16.4 Å². The second-order valence-electron chi connectivity index (χ2n) is 3.71. The molecular weight excluding hydrogens is 262 g/mol. The Morgan fingerprint density at radius 3 is 2.50 bits per heavy atom. The zero-order valence-electron chi connectivity index (χ0n) is 11.2. The Balaban J connectivity index is 0.000000956. The van der Waals surface area contributed by atoms with Crippen molar-refractivity contribution < 1.29 is 9.72 Å². The van der Waals surface area contributed by atoms with Gasteiger partial charge in [-0.1, -0.05) is 19.9 Å². The summed E-state index contributed by atoms with van der Waals surface area (Å²) in [4.78, 5) is 33.0. The summed E-state index contributed by atoms with van der Waals surface area (Å²) < 4.78 is 1.12. The van der Waals surface area contributed by atoms with Crippen LogP contribution in [0.25, 0.3) is 10.8 Å². The molecule has 0 bridgehead atoms. The molecule has 0 unspecified atom stereocenters. The number of hydrogen-bond acceptors (Lipinski definition) is 4. The molecule has 0 radical (unpaired) electrons. The monoisotopic (exact) mass is 277 g/mol. The zero-order valence-corrected chi connectivity index (χ0v) is 11.2. The number of carbonyl (C=O) groups excluding carboxylic acids is 1. The van der Waals surface area contributed by atoms with Crippen LogP contribution in [0.15, 0.2) is 35.3 Å². The summed E-state index contributed by atoms with van der Waals surface area (Å²) in [7, 11) is 0. The molecule has 0 aliphatic heterocycles. The lowest BCUT2D eigenvalue weighted by molar-refractivity contribution is -0.383. The van der Waals surface area contributed by atoms with Gasteiger partial charge in [-0.2, -0.15) is 0 Å². The number of fused-ring (bicyclic) bond motifs is 1. The number of aromatic nitrogens is 1. The molecule has 1 heterocycles. The molecule has 0 spiro atoms. The minimum absolute atomic E-state index is 0.143. The SMILES string of the molecule is CC.NC(=O)Cn1ccc2c([N+](=O)[O-])cccc2c1=O. The van der Waals surface area contributed by atoms with Gasteiger partial charge in [0.05, 0.1) is 15.7 Å². The predicted octanol–water partition coefficient (Wildman–Crippen LogP) is 1.42. The standard InChI is InChI=1S/C11H9N3O4.C2H6/c12-10(15)6-13-5-4-7-8(11(13)16)2-1-3-9(7)14(17)18;1-2/h1-5H,6H2,(H2,12,15);1-2H3. The third-order valence-corrected chi connectivity index (χ3v) is 2.52. The van der Waals surface area contributed by atoms with Gasteiger partial charge in [0.1, 0.15) is 6.54 Å². The molecule has 0 saturated heterocycles. The van der Waals surface area contributed by atoms with E-state index >= 15 is 0 Å². The first-order valence-electron chi connectivity index (χ1n) is 6.05. The van der Waals surface area contributed by atoms with Crippen molar-refractivity contribution in [1.82, 2.24) is 4.57 Å². The molecule has 1 aromatic carbocycles. The maximum atomic E-state index is 12.0. The maximum absolute atomic E-state index is 12.0. The summed E-state index contributed by atoms with van der Waals surface area (Å²) in [5, 5.41) is 11.2. The quantitative estimate of drug-likeness (QED) is 0.676. The van der Waals surface area contributed by atoms with Crippen LogP contribution in [0, 0.1) is 10.1 Å². The van der Waals surface area contributed by atoms with Gasteiger partial charge in [0.25, 0.3) is 11.2 Å². The molecule has 0 atom stereocenters. The number of rotatable bonds is 3. The van der Waals surface area contributed by atoms with E-state index in [0.717, 1.165) is 4.57 Å². The Kier molecular flexibility index (Phi) is 4.96. The molecule has 0 fully saturated rings. The summed E-state index contributed by atoms with van der Waals surface area (Å²) in [6, 6.07) is 5.65. The van der Waals surface area contributed by atoms with Crippen LogP contribution in [0.4, 0.5) is 5.69 Å². The number of hydrogen-bond donors (Lipinski definition) is 1. The number of pyridine rings is 1. The van der Waals surface area contributed by atoms with Crippen molar-refractivity contribution in [2.45, 2.75) is 20.4 Å². The minimum Gasteiger partial charge on any atom is -0.368 e. The lowest BCUT2D eigenvalue weighted by Crippen LogP contribution is -2.27. The number of amides is 1. The summed E-state index contributed by atoms with van der Waals surface area (Å²) in [5.41, 5.74) is 4.39. The lowest BCUT2D eigenvalue weighted by atomic mass is 10.1. The van der Waals surface area contributed by atoms with Crippen molar-refractivity contribution in [2.75, 3.05) is 0 Å². The second-order valence-corrected chi connectivity index (χ2v) is 3.71. The van der Waals surface area contributed by atoms with Gasteiger partial charge < -0.3 is 10.3 Å². The Morgan fingerprint density at radius 1 is 1.30 bits per heavy atom. The van der Waals surface area contributed by atoms with Crippen LogP contribution >= 0.6 is 0 Å². The van der Waals surface area contributed by atoms with E-state index in [9.17, 15) is 19.7 Å². The van der Waals surface area contributed by atoms with Crippen LogP contribution in [0.5, 0.6) is 0 Å². The zero-order chi connectivity index (χ0) is 15.3. The van der Waals surface area contributed by atoms with Crippen LogP contribution in [-0.4, -0.2) is 15.4 Å². The maximum Gasteiger partial charge on any atom is 0.277 e. The Morgan fingerprint density at radius 2 is 1.95 bits per heavy atom. The molecule has 2 aromatic rings. The fourth-order valence-electron chi connectivity index (χ4n) is 1.75.